The molecule has 0 saturated heterocycles. The lowest BCUT2D eigenvalue weighted by molar-refractivity contribution is -0.131. The monoisotopic (exact) mass is 323 g/mol. The largest absolute Gasteiger partial charge is 0.478 e. The van der Waals surface area contributed by atoms with Gasteiger partial charge in [0.25, 0.3) is 0 Å². The van der Waals surface area contributed by atoms with E-state index in [0.717, 1.165) is 16.7 Å². The van der Waals surface area contributed by atoms with Crippen LogP contribution in [-0.2, 0) is 10.5 Å². The van der Waals surface area contributed by atoms with Crippen molar-refractivity contribution >= 4 is 35.4 Å². The molecule has 0 aliphatic carbocycles. The Hall–Kier alpha value is -1.85. The highest BCUT2D eigenvalue weighted by Gasteiger charge is 2.04. The van der Waals surface area contributed by atoms with Gasteiger partial charge in [0.2, 0.25) is 0 Å². The number of carboxylic acids is 1. The zero-order valence-electron chi connectivity index (χ0n) is 10.8. The second-order valence-electron chi connectivity index (χ2n) is 4.12. The van der Waals surface area contributed by atoms with Gasteiger partial charge in [-0.25, -0.2) is 14.2 Å². The fourth-order valence-corrected chi connectivity index (χ4v) is 2.58. The standard InChI is InChI=1S/C15H11ClFNO2S/c16-12-3-5-14(18-8-12)21-9-11-1-4-13(17)7-10(11)2-6-15(19)20/h1-8H,9H2,(H,19,20). The third-order valence-electron chi connectivity index (χ3n) is 2.59. The summed E-state index contributed by atoms with van der Waals surface area (Å²) in [6, 6.07) is 7.84. The Kier molecular flexibility index (Phi) is 5.36. The van der Waals surface area contributed by atoms with Gasteiger partial charge < -0.3 is 5.11 Å². The minimum absolute atomic E-state index is 0.404. The molecule has 6 heteroatoms. The highest BCUT2D eigenvalue weighted by molar-refractivity contribution is 7.98. The van der Waals surface area contributed by atoms with Gasteiger partial charge in [-0.2, -0.15) is 0 Å². The fourth-order valence-electron chi connectivity index (χ4n) is 1.61. The lowest BCUT2D eigenvalue weighted by Gasteiger charge is -2.06. The normalized spacial score (nSPS) is 11.0. The van der Waals surface area contributed by atoms with Crippen LogP contribution in [-0.4, -0.2) is 16.1 Å². The zero-order valence-corrected chi connectivity index (χ0v) is 12.4. The minimum Gasteiger partial charge on any atom is -0.478 e. The van der Waals surface area contributed by atoms with E-state index in [-0.39, 0.29) is 0 Å². The predicted octanol–water partition coefficient (Wildman–Crippen LogP) is 4.26. The van der Waals surface area contributed by atoms with Gasteiger partial charge >= 0.3 is 5.97 Å². The molecule has 0 amide bonds. The van der Waals surface area contributed by atoms with Gasteiger partial charge in [-0.1, -0.05) is 17.7 Å². The minimum atomic E-state index is -1.07. The average molecular weight is 324 g/mol. The van der Waals surface area contributed by atoms with Crippen LogP contribution in [0.2, 0.25) is 5.02 Å². The number of aromatic nitrogens is 1. The topological polar surface area (TPSA) is 50.2 Å². The van der Waals surface area contributed by atoms with Crippen molar-refractivity contribution in [2.45, 2.75) is 10.8 Å². The van der Waals surface area contributed by atoms with Crippen molar-refractivity contribution in [1.82, 2.24) is 4.98 Å². The van der Waals surface area contributed by atoms with Crippen LogP contribution in [0, 0.1) is 5.82 Å². The number of nitrogens with zero attached hydrogens (tertiary/aromatic N) is 1. The summed E-state index contributed by atoms with van der Waals surface area (Å²) < 4.78 is 13.3. The van der Waals surface area contributed by atoms with Gasteiger partial charge in [-0.05, 0) is 41.5 Å². The molecule has 0 atom stereocenters. The SMILES string of the molecule is O=C(O)C=Cc1cc(F)ccc1CSc1ccc(Cl)cn1. The summed E-state index contributed by atoms with van der Waals surface area (Å²) >= 11 is 7.23. The number of hydrogen-bond donors (Lipinski definition) is 1. The molecule has 1 N–H and O–H groups in total. The Morgan fingerprint density at radius 3 is 2.86 bits per heavy atom. The first-order chi connectivity index (χ1) is 10.0. The molecule has 2 aromatic rings. The first-order valence-corrected chi connectivity index (χ1v) is 7.35. The summed E-state index contributed by atoms with van der Waals surface area (Å²) in [6.07, 6.45) is 3.93. The molecule has 0 radical (unpaired) electrons. The molecule has 1 aromatic carbocycles. The van der Waals surface area contributed by atoms with Crippen molar-refractivity contribution in [3.63, 3.8) is 0 Å². The van der Waals surface area contributed by atoms with E-state index >= 15 is 0 Å². The van der Waals surface area contributed by atoms with Crippen LogP contribution in [0.3, 0.4) is 0 Å². The third kappa shape index (κ3) is 4.88. The number of thioether (sulfide) groups is 1. The van der Waals surface area contributed by atoms with E-state index in [2.05, 4.69) is 4.98 Å². The van der Waals surface area contributed by atoms with Crippen LogP contribution in [0.4, 0.5) is 4.39 Å². The van der Waals surface area contributed by atoms with Crippen molar-refractivity contribution in [2.75, 3.05) is 0 Å². The molecule has 0 unspecified atom stereocenters. The van der Waals surface area contributed by atoms with Crippen LogP contribution in [0.1, 0.15) is 11.1 Å². The van der Waals surface area contributed by atoms with Crippen molar-refractivity contribution in [3.8, 4) is 0 Å². The number of benzene rings is 1. The Balaban J connectivity index is 2.15. The average Bonchev–Trinajstić information content (AvgIpc) is 2.45. The lowest BCUT2D eigenvalue weighted by atomic mass is 10.1. The molecular formula is C15H11ClFNO2S. The molecule has 3 nitrogen and oxygen atoms in total. The number of rotatable bonds is 5. The number of carboxylic acid groups (broad SMARTS) is 1. The molecule has 0 fully saturated rings. The molecule has 0 aliphatic rings. The summed E-state index contributed by atoms with van der Waals surface area (Å²) in [5.74, 6) is -0.926. The van der Waals surface area contributed by atoms with E-state index in [0.29, 0.717) is 16.3 Å². The molecule has 0 bridgehead atoms. The Labute approximate surface area is 130 Å². The van der Waals surface area contributed by atoms with Crippen LogP contribution in [0.5, 0.6) is 0 Å². The maximum Gasteiger partial charge on any atom is 0.328 e. The second kappa shape index (κ2) is 7.24. The van der Waals surface area contributed by atoms with Crippen LogP contribution in [0.15, 0.2) is 47.6 Å². The highest BCUT2D eigenvalue weighted by atomic mass is 35.5. The third-order valence-corrected chi connectivity index (χ3v) is 3.81. The number of carbonyl (C=O) groups is 1. The number of hydrogen-bond acceptors (Lipinski definition) is 3. The van der Waals surface area contributed by atoms with E-state index in [1.807, 2.05) is 0 Å². The number of pyridine rings is 1. The van der Waals surface area contributed by atoms with Crippen molar-refractivity contribution < 1.29 is 14.3 Å². The van der Waals surface area contributed by atoms with Gasteiger partial charge in [0.05, 0.1) is 10.0 Å². The maximum absolute atomic E-state index is 13.3. The summed E-state index contributed by atoms with van der Waals surface area (Å²) in [5.41, 5.74) is 1.37. The zero-order chi connectivity index (χ0) is 15.2. The van der Waals surface area contributed by atoms with Crippen LogP contribution >= 0.6 is 23.4 Å². The van der Waals surface area contributed by atoms with E-state index in [1.54, 1.807) is 24.4 Å². The maximum atomic E-state index is 13.3. The van der Waals surface area contributed by atoms with Gasteiger partial charge in [0.1, 0.15) is 5.82 Å². The fraction of sp³-hybridized carbons (Fsp3) is 0.0667. The summed E-state index contributed by atoms with van der Waals surface area (Å²) in [6.45, 7) is 0. The molecule has 0 spiro atoms. The Morgan fingerprint density at radius 1 is 1.38 bits per heavy atom. The van der Waals surface area contributed by atoms with Gasteiger partial charge in [-0.15, -0.1) is 11.8 Å². The van der Waals surface area contributed by atoms with E-state index in [4.69, 9.17) is 16.7 Å². The van der Waals surface area contributed by atoms with E-state index < -0.39 is 11.8 Å². The summed E-state index contributed by atoms with van der Waals surface area (Å²) in [7, 11) is 0. The Bertz CT molecular complexity index is 674. The summed E-state index contributed by atoms with van der Waals surface area (Å²) in [4.78, 5) is 14.7. The highest BCUT2D eigenvalue weighted by Crippen LogP contribution is 2.25. The first kappa shape index (κ1) is 15.5. The number of halogens is 2. The van der Waals surface area contributed by atoms with Gasteiger partial charge in [0, 0.05) is 18.0 Å². The molecule has 1 aromatic heterocycles. The molecule has 0 aliphatic heterocycles. The van der Waals surface area contributed by atoms with E-state index in [1.165, 1.54) is 30.0 Å². The molecule has 108 valence electrons. The first-order valence-electron chi connectivity index (χ1n) is 5.98. The van der Waals surface area contributed by atoms with Crippen molar-refractivity contribution in [2.24, 2.45) is 0 Å². The molecule has 1 heterocycles. The van der Waals surface area contributed by atoms with Crippen LogP contribution in [0.25, 0.3) is 6.08 Å². The quantitative estimate of drug-likeness (QED) is 0.659. The lowest BCUT2D eigenvalue weighted by Crippen LogP contribution is -1.91. The van der Waals surface area contributed by atoms with Gasteiger partial charge in [0.15, 0.2) is 0 Å². The molecule has 21 heavy (non-hydrogen) atoms. The van der Waals surface area contributed by atoms with Gasteiger partial charge in [-0.3, -0.25) is 0 Å². The molecule has 2 rings (SSSR count). The summed E-state index contributed by atoms with van der Waals surface area (Å²) in [5, 5.41) is 10.0. The second-order valence-corrected chi connectivity index (χ2v) is 5.55. The number of aliphatic carboxylic acids is 1. The Morgan fingerprint density at radius 2 is 2.19 bits per heavy atom. The van der Waals surface area contributed by atoms with Crippen LogP contribution < -0.4 is 0 Å². The molecular weight excluding hydrogens is 313 g/mol. The predicted molar refractivity (Wildman–Crippen MR) is 81.9 cm³/mol. The molecule has 0 saturated carbocycles. The van der Waals surface area contributed by atoms with Crippen molar-refractivity contribution in [3.05, 3.63) is 64.6 Å². The van der Waals surface area contributed by atoms with E-state index in [9.17, 15) is 9.18 Å². The smallest absolute Gasteiger partial charge is 0.328 e. The van der Waals surface area contributed by atoms with Crippen molar-refractivity contribution in [1.29, 1.82) is 0 Å².